The molecule has 14 heavy (non-hydrogen) atoms. The lowest BCUT2D eigenvalue weighted by Gasteiger charge is -2.04. The maximum absolute atomic E-state index is 3.16. The minimum atomic E-state index is 1.08. The fourth-order valence-corrected chi connectivity index (χ4v) is 1.76. The van der Waals surface area contributed by atoms with E-state index in [2.05, 4.69) is 46.4 Å². The van der Waals surface area contributed by atoms with Gasteiger partial charge in [-0.05, 0) is 37.5 Å². The molecule has 0 aliphatic heterocycles. The van der Waals surface area contributed by atoms with Gasteiger partial charge in [0.25, 0.3) is 0 Å². The summed E-state index contributed by atoms with van der Waals surface area (Å²) in [6, 6.07) is 10.7. The largest absolute Gasteiger partial charge is 0.347 e. The van der Waals surface area contributed by atoms with E-state index in [1.807, 2.05) is 7.05 Å². The highest BCUT2D eigenvalue weighted by Crippen LogP contribution is 2.14. The Bertz CT molecular complexity index is 403. The molecular weight excluding hydrogens is 172 g/mol. The van der Waals surface area contributed by atoms with Crippen molar-refractivity contribution < 1.29 is 0 Å². The molecular formula is C12H16N2. The van der Waals surface area contributed by atoms with Crippen LogP contribution in [0.2, 0.25) is 0 Å². The summed E-state index contributed by atoms with van der Waals surface area (Å²) in [5, 5.41) is 4.50. The van der Waals surface area contributed by atoms with Gasteiger partial charge in [0.1, 0.15) is 0 Å². The first-order valence-electron chi connectivity index (χ1n) is 5.10. The molecule has 0 amide bonds. The van der Waals surface area contributed by atoms with E-state index in [0.717, 1.165) is 13.1 Å². The standard InChI is InChI=1S/C12H16N2/c1-13-8-4-9-14-10-7-11-5-2-3-6-12(11)14/h2-3,5-7,10,13H,4,8-9H2,1H3. The van der Waals surface area contributed by atoms with E-state index in [4.69, 9.17) is 0 Å². The van der Waals surface area contributed by atoms with Crippen molar-refractivity contribution >= 4 is 10.9 Å². The first kappa shape index (κ1) is 9.28. The number of benzene rings is 1. The average Bonchev–Trinajstić information content (AvgIpc) is 2.63. The minimum Gasteiger partial charge on any atom is -0.347 e. The van der Waals surface area contributed by atoms with Gasteiger partial charge in [0.15, 0.2) is 0 Å². The molecule has 2 nitrogen and oxygen atoms in total. The van der Waals surface area contributed by atoms with E-state index >= 15 is 0 Å². The lowest BCUT2D eigenvalue weighted by atomic mass is 10.2. The number of hydrogen-bond acceptors (Lipinski definition) is 1. The van der Waals surface area contributed by atoms with Gasteiger partial charge in [-0.1, -0.05) is 18.2 Å². The lowest BCUT2D eigenvalue weighted by Crippen LogP contribution is -2.10. The third kappa shape index (κ3) is 1.80. The molecule has 1 aromatic carbocycles. The normalized spacial score (nSPS) is 10.9. The highest BCUT2D eigenvalue weighted by atomic mass is 15.0. The highest BCUT2D eigenvalue weighted by Gasteiger charge is 1.98. The van der Waals surface area contributed by atoms with Gasteiger partial charge in [-0.3, -0.25) is 0 Å². The van der Waals surface area contributed by atoms with Gasteiger partial charge in [0, 0.05) is 18.3 Å². The van der Waals surface area contributed by atoms with Crippen LogP contribution in [0, 0.1) is 0 Å². The zero-order valence-electron chi connectivity index (χ0n) is 8.53. The van der Waals surface area contributed by atoms with Crippen molar-refractivity contribution in [3.05, 3.63) is 36.5 Å². The van der Waals surface area contributed by atoms with E-state index < -0.39 is 0 Å². The topological polar surface area (TPSA) is 17.0 Å². The van der Waals surface area contributed by atoms with Gasteiger partial charge in [-0.25, -0.2) is 0 Å². The number of rotatable bonds is 4. The van der Waals surface area contributed by atoms with E-state index in [1.165, 1.54) is 17.3 Å². The summed E-state index contributed by atoms with van der Waals surface area (Å²) >= 11 is 0. The van der Waals surface area contributed by atoms with Crippen molar-refractivity contribution in [2.75, 3.05) is 13.6 Å². The van der Waals surface area contributed by atoms with Crippen LogP contribution >= 0.6 is 0 Å². The Balaban J connectivity index is 2.17. The number of nitrogens with one attached hydrogen (secondary N) is 1. The number of aryl methyl sites for hydroxylation is 1. The summed E-state index contributed by atoms with van der Waals surface area (Å²) in [7, 11) is 1.99. The number of fused-ring (bicyclic) bond motifs is 1. The Hall–Kier alpha value is -1.28. The van der Waals surface area contributed by atoms with Gasteiger partial charge in [-0.2, -0.15) is 0 Å². The second-order valence-corrected chi connectivity index (χ2v) is 3.53. The van der Waals surface area contributed by atoms with Gasteiger partial charge < -0.3 is 9.88 Å². The van der Waals surface area contributed by atoms with Crippen LogP contribution < -0.4 is 5.32 Å². The van der Waals surface area contributed by atoms with Gasteiger partial charge >= 0.3 is 0 Å². The lowest BCUT2D eigenvalue weighted by molar-refractivity contribution is 0.627. The van der Waals surface area contributed by atoms with E-state index in [1.54, 1.807) is 0 Å². The third-order valence-corrected chi connectivity index (χ3v) is 2.51. The molecule has 1 heterocycles. The number of para-hydroxylation sites is 1. The fraction of sp³-hybridized carbons (Fsp3) is 0.333. The molecule has 74 valence electrons. The average molecular weight is 188 g/mol. The maximum Gasteiger partial charge on any atom is 0.0480 e. The highest BCUT2D eigenvalue weighted by molar-refractivity contribution is 5.79. The van der Waals surface area contributed by atoms with Crippen LogP contribution in [-0.4, -0.2) is 18.2 Å². The van der Waals surface area contributed by atoms with Gasteiger partial charge in [0.05, 0.1) is 0 Å². The van der Waals surface area contributed by atoms with Crippen LogP contribution in [0.25, 0.3) is 10.9 Å². The SMILES string of the molecule is CNCCCn1ccc2ccccc21. The minimum absolute atomic E-state index is 1.08. The summed E-state index contributed by atoms with van der Waals surface area (Å²) in [5.41, 5.74) is 1.34. The molecule has 0 fully saturated rings. The van der Waals surface area contributed by atoms with E-state index in [0.29, 0.717) is 0 Å². The Morgan fingerprint density at radius 2 is 2.07 bits per heavy atom. The molecule has 0 aliphatic rings. The maximum atomic E-state index is 3.16. The Kier molecular flexibility index (Phi) is 2.84. The molecule has 0 atom stereocenters. The van der Waals surface area contributed by atoms with Crippen molar-refractivity contribution in [1.82, 2.24) is 9.88 Å². The summed E-state index contributed by atoms with van der Waals surface area (Å²) in [5.74, 6) is 0. The summed E-state index contributed by atoms with van der Waals surface area (Å²) in [6.07, 6.45) is 3.34. The van der Waals surface area contributed by atoms with Crippen molar-refractivity contribution in [1.29, 1.82) is 0 Å². The predicted octanol–water partition coefficient (Wildman–Crippen LogP) is 2.25. The van der Waals surface area contributed by atoms with Crippen LogP contribution in [0.1, 0.15) is 6.42 Å². The van der Waals surface area contributed by atoms with Crippen LogP contribution in [-0.2, 0) is 6.54 Å². The van der Waals surface area contributed by atoms with Crippen molar-refractivity contribution in [3.8, 4) is 0 Å². The zero-order valence-corrected chi connectivity index (χ0v) is 8.53. The number of aromatic nitrogens is 1. The molecule has 0 aliphatic carbocycles. The molecule has 0 saturated heterocycles. The van der Waals surface area contributed by atoms with Gasteiger partial charge in [-0.15, -0.1) is 0 Å². The summed E-state index contributed by atoms with van der Waals surface area (Å²) in [6.45, 7) is 2.17. The molecule has 2 aromatic rings. The van der Waals surface area contributed by atoms with Crippen molar-refractivity contribution in [3.63, 3.8) is 0 Å². The number of hydrogen-bond donors (Lipinski definition) is 1. The Morgan fingerprint density at radius 3 is 2.93 bits per heavy atom. The zero-order chi connectivity index (χ0) is 9.80. The fourth-order valence-electron chi connectivity index (χ4n) is 1.76. The second kappa shape index (κ2) is 4.29. The second-order valence-electron chi connectivity index (χ2n) is 3.53. The van der Waals surface area contributed by atoms with Crippen molar-refractivity contribution in [2.24, 2.45) is 0 Å². The van der Waals surface area contributed by atoms with Gasteiger partial charge in [0.2, 0.25) is 0 Å². The summed E-state index contributed by atoms with van der Waals surface area (Å²) < 4.78 is 2.31. The van der Waals surface area contributed by atoms with E-state index in [-0.39, 0.29) is 0 Å². The van der Waals surface area contributed by atoms with Crippen LogP contribution in [0.5, 0.6) is 0 Å². The molecule has 0 saturated carbocycles. The van der Waals surface area contributed by atoms with Crippen molar-refractivity contribution in [2.45, 2.75) is 13.0 Å². The van der Waals surface area contributed by atoms with E-state index in [9.17, 15) is 0 Å². The smallest absolute Gasteiger partial charge is 0.0480 e. The molecule has 0 radical (unpaired) electrons. The third-order valence-electron chi connectivity index (χ3n) is 2.51. The van der Waals surface area contributed by atoms with Crippen LogP contribution in [0.4, 0.5) is 0 Å². The monoisotopic (exact) mass is 188 g/mol. The molecule has 2 heteroatoms. The van der Waals surface area contributed by atoms with Crippen LogP contribution in [0.15, 0.2) is 36.5 Å². The predicted molar refractivity (Wildman–Crippen MR) is 60.5 cm³/mol. The molecule has 0 spiro atoms. The first-order chi connectivity index (χ1) is 6.92. The summed E-state index contributed by atoms with van der Waals surface area (Å²) in [4.78, 5) is 0. The van der Waals surface area contributed by atoms with Crippen LogP contribution in [0.3, 0.4) is 0 Å². The quantitative estimate of drug-likeness (QED) is 0.728. The first-order valence-corrected chi connectivity index (χ1v) is 5.10. The molecule has 0 bridgehead atoms. The molecule has 1 aromatic heterocycles. The molecule has 2 rings (SSSR count). The molecule has 0 unspecified atom stereocenters. The molecule has 1 N–H and O–H groups in total. The number of nitrogens with zero attached hydrogens (tertiary/aromatic N) is 1. The Labute approximate surface area is 84.5 Å². The Morgan fingerprint density at radius 1 is 1.21 bits per heavy atom.